The van der Waals surface area contributed by atoms with Gasteiger partial charge in [0.2, 0.25) is 11.8 Å². The molecule has 1 fully saturated rings. The number of amides is 2. The van der Waals surface area contributed by atoms with E-state index in [1.54, 1.807) is 34.1 Å². The second-order valence-corrected chi connectivity index (χ2v) is 7.37. The fourth-order valence-corrected chi connectivity index (χ4v) is 3.99. The molecule has 0 aliphatic carbocycles. The van der Waals surface area contributed by atoms with Gasteiger partial charge in [-0.05, 0) is 24.3 Å². The molecule has 0 unspecified atom stereocenters. The van der Waals surface area contributed by atoms with Crippen molar-refractivity contribution in [3.8, 4) is 10.4 Å². The summed E-state index contributed by atoms with van der Waals surface area (Å²) in [5, 5.41) is 0.722. The summed E-state index contributed by atoms with van der Waals surface area (Å²) < 4.78 is 0. The van der Waals surface area contributed by atoms with Crippen molar-refractivity contribution in [1.29, 1.82) is 0 Å². The van der Waals surface area contributed by atoms with E-state index in [1.807, 2.05) is 42.5 Å². The third-order valence-corrected chi connectivity index (χ3v) is 5.61. The topological polar surface area (TPSA) is 40.6 Å². The zero-order chi connectivity index (χ0) is 17.8. The summed E-state index contributed by atoms with van der Waals surface area (Å²) in [7, 11) is 0. The molecule has 2 heterocycles. The summed E-state index contributed by atoms with van der Waals surface area (Å²) in [6.45, 7) is 3.93. The Morgan fingerprint density at radius 3 is 2.40 bits per heavy atom. The van der Waals surface area contributed by atoms with Gasteiger partial charge in [0.15, 0.2) is 0 Å². The Morgan fingerprint density at radius 1 is 1.04 bits per heavy atom. The van der Waals surface area contributed by atoms with E-state index in [9.17, 15) is 9.59 Å². The Bertz CT molecular complexity index is 807. The predicted octanol–water partition coefficient (Wildman–Crippen LogP) is 3.77. The van der Waals surface area contributed by atoms with Crippen molar-refractivity contribution in [2.75, 3.05) is 26.2 Å². The first-order chi connectivity index (χ1) is 12.0. The maximum absolute atomic E-state index is 12.3. The summed E-state index contributed by atoms with van der Waals surface area (Å²) in [6.07, 6.45) is 3.44. The monoisotopic (exact) mass is 374 g/mol. The second kappa shape index (κ2) is 7.85. The molecule has 130 valence electrons. The van der Waals surface area contributed by atoms with E-state index < -0.39 is 0 Å². The molecule has 1 saturated heterocycles. The normalized spacial score (nSPS) is 15.0. The molecule has 4 nitrogen and oxygen atoms in total. The molecule has 25 heavy (non-hydrogen) atoms. The van der Waals surface area contributed by atoms with Crippen LogP contribution in [0.3, 0.4) is 0 Å². The molecule has 1 aromatic carbocycles. The van der Waals surface area contributed by atoms with E-state index in [4.69, 9.17) is 11.6 Å². The number of rotatable bonds is 3. The van der Waals surface area contributed by atoms with Crippen LogP contribution in [-0.4, -0.2) is 47.8 Å². The molecule has 1 aliphatic rings. The molecule has 3 rings (SSSR count). The maximum Gasteiger partial charge on any atom is 0.246 e. The van der Waals surface area contributed by atoms with E-state index in [2.05, 4.69) is 0 Å². The summed E-state index contributed by atoms with van der Waals surface area (Å²) in [5.41, 5.74) is 1.00. The molecule has 0 radical (unpaired) electrons. The van der Waals surface area contributed by atoms with E-state index in [1.165, 1.54) is 0 Å². The number of halogens is 1. The van der Waals surface area contributed by atoms with Crippen LogP contribution in [0.5, 0.6) is 0 Å². The number of hydrogen-bond acceptors (Lipinski definition) is 3. The second-order valence-electron chi connectivity index (χ2n) is 5.85. The minimum atomic E-state index is -0.0177. The SMILES string of the molecule is CC(=O)N1CCN(C(=O)/C=C/c2ccc(-c3ccccc3Cl)s2)CC1. The van der Waals surface area contributed by atoms with Crippen molar-refractivity contribution in [2.24, 2.45) is 0 Å². The molecule has 2 aromatic rings. The Morgan fingerprint density at radius 2 is 1.72 bits per heavy atom. The summed E-state index contributed by atoms with van der Waals surface area (Å²) in [4.78, 5) is 29.3. The molecule has 0 bridgehead atoms. The lowest BCUT2D eigenvalue weighted by Crippen LogP contribution is -2.49. The van der Waals surface area contributed by atoms with Crippen LogP contribution in [0.4, 0.5) is 0 Å². The molecule has 0 saturated carbocycles. The van der Waals surface area contributed by atoms with Gasteiger partial charge in [-0.15, -0.1) is 11.3 Å². The minimum Gasteiger partial charge on any atom is -0.339 e. The van der Waals surface area contributed by atoms with Crippen molar-refractivity contribution in [3.63, 3.8) is 0 Å². The van der Waals surface area contributed by atoms with Crippen molar-refractivity contribution in [3.05, 3.63) is 52.4 Å². The number of piperazine rings is 1. The number of carbonyl (C=O) groups is 2. The molecular weight excluding hydrogens is 356 g/mol. The van der Waals surface area contributed by atoms with Gasteiger partial charge in [-0.2, -0.15) is 0 Å². The van der Waals surface area contributed by atoms with Gasteiger partial charge in [0.1, 0.15) is 0 Å². The zero-order valence-electron chi connectivity index (χ0n) is 13.9. The van der Waals surface area contributed by atoms with Gasteiger partial charge >= 0.3 is 0 Å². The molecule has 0 spiro atoms. The van der Waals surface area contributed by atoms with Gasteiger partial charge in [0.25, 0.3) is 0 Å². The van der Waals surface area contributed by atoms with E-state index in [0.29, 0.717) is 26.2 Å². The predicted molar refractivity (Wildman–Crippen MR) is 103 cm³/mol. The highest BCUT2D eigenvalue weighted by Crippen LogP contribution is 2.33. The first-order valence-electron chi connectivity index (χ1n) is 8.12. The Hall–Kier alpha value is -2.11. The van der Waals surface area contributed by atoms with E-state index in [-0.39, 0.29) is 11.8 Å². The number of thiophene rings is 1. The third-order valence-electron chi connectivity index (χ3n) is 4.19. The molecule has 2 amide bonds. The Balaban J connectivity index is 1.62. The number of carbonyl (C=O) groups excluding carboxylic acids is 2. The van der Waals surface area contributed by atoms with Gasteiger partial charge in [-0.1, -0.05) is 29.8 Å². The average molecular weight is 375 g/mol. The minimum absolute atomic E-state index is 0.0177. The van der Waals surface area contributed by atoms with Crippen LogP contribution < -0.4 is 0 Å². The first kappa shape index (κ1) is 17.7. The van der Waals surface area contributed by atoms with Gasteiger partial charge < -0.3 is 9.80 Å². The summed E-state index contributed by atoms with van der Waals surface area (Å²) >= 11 is 7.83. The average Bonchev–Trinajstić information content (AvgIpc) is 3.09. The molecule has 1 aliphatic heterocycles. The van der Waals surface area contributed by atoms with Crippen LogP contribution in [0.2, 0.25) is 5.02 Å². The van der Waals surface area contributed by atoms with Crippen LogP contribution in [0, 0.1) is 0 Å². The molecule has 0 atom stereocenters. The summed E-state index contributed by atoms with van der Waals surface area (Å²) in [5.74, 6) is 0.0456. The largest absolute Gasteiger partial charge is 0.339 e. The third kappa shape index (κ3) is 4.30. The van der Waals surface area contributed by atoms with Crippen molar-refractivity contribution in [2.45, 2.75) is 6.92 Å². The lowest BCUT2D eigenvalue weighted by atomic mass is 10.2. The fraction of sp³-hybridized carbons (Fsp3) is 0.263. The van der Waals surface area contributed by atoms with Crippen LogP contribution >= 0.6 is 22.9 Å². The summed E-state index contributed by atoms with van der Waals surface area (Å²) in [6, 6.07) is 11.7. The van der Waals surface area contributed by atoms with Crippen molar-refractivity contribution < 1.29 is 9.59 Å². The van der Waals surface area contributed by atoms with Crippen LogP contribution in [0.25, 0.3) is 16.5 Å². The van der Waals surface area contributed by atoms with E-state index >= 15 is 0 Å². The molecule has 0 N–H and O–H groups in total. The van der Waals surface area contributed by atoms with Gasteiger partial charge in [0, 0.05) is 59.5 Å². The highest BCUT2D eigenvalue weighted by Gasteiger charge is 2.20. The first-order valence-corrected chi connectivity index (χ1v) is 9.31. The lowest BCUT2D eigenvalue weighted by Gasteiger charge is -2.33. The maximum atomic E-state index is 12.3. The lowest BCUT2D eigenvalue weighted by molar-refractivity contribution is -0.135. The highest BCUT2D eigenvalue weighted by atomic mass is 35.5. The van der Waals surface area contributed by atoms with Crippen molar-refractivity contribution >= 4 is 40.8 Å². The standard InChI is InChI=1S/C19H19ClN2O2S/c1-14(23)21-10-12-22(13-11-21)19(24)9-7-15-6-8-18(25-15)16-4-2-3-5-17(16)20/h2-9H,10-13H2,1H3/b9-7+. The van der Waals surface area contributed by atoms with Crippen LogP contribution in [0.1, 0.15) is 11.8 Å². The molecule has 1 aromatic heterocycles. The van der Waals surface area contributed by atoms with Gasteiger partial charge in [-0.25, -0.2) is 0 Å². The smallest absolute Gasteiger partial charge is 0.246 e. The van der Waals surface area contributed by atoms with Crippen molar-refractivity contribution in [1.82, 2.24) is 9.80 Å². The number of benzene rings is 1. The molecule has 6 heteroatoms. The van der Waals surface area contributed by atoms with Gasteiger partial charge in [-0.3, -0.25) is 9.59 Å². The zero-order valence-corrected chi connectivity index (χ0v) is 15.5. The highest BCUT2D eigenvalue weighted by molar-refractivity contribution is 7.16. The number of nitrogens with zero attached hydrogens (tertiary/aromatic N) is 2. The van der Waals surface area contributed by atoms with Gasteiger partial charge in [0.05, 0.1) is 0 Å². The Labute approximate surface area is 156 Å². The fourth-order valence-electron chi connectivity index (χ4n) is 2.75. The quantitative estimate of drug-likeness (QED) is 0.767. The van der Waals surface area contributed by atoms with Crippen LogP contribution in [-0.2, 0) is 9.59 Å². The van der Waals surface area contributed by atoms with Crippen LogP contribution in [0.15, 0.2) is 42.5 Å². The molecular formula is C19H19ClN2O2S. The Kier molecular flexibility index (Phi) is 5.56. The number of hydrogen-bond donors (Lipinski definition) is 0. The van der Waals surface area contributed by atoms with E-state index in [0.717, 1.165) is 20.3 Å².